The fourth-order valence-corrected chi connectivity index (χ4v) is 5.06. The molecule has 6 nitrogen and oxygen atoms in total. The van der Waals surface area contributed by atoms with Gasteiger partial charge in [0.25, 0.3) is 0 Å². The molecule has 1 amide bonds. The van der Waals surface area contributed by atoms with Crippen LogP contribution in [0.3, 0.4) is 0 Å². The number of anilines is 1. The van der Waals surface area contributed by atoms with Crippen LogP contribution in [0.25, 0.3) is 0 Å². The molecule has 1 aliphatic heterocycles. The minimum absolute atomic E-state index is 0.0269. The number of furan rings is 1. The van der Waals surface area contributed by atoms with Crippen molar-refractivity contribution in [3.8, 4) is 6.07 Å². The molecule has 1 aromatic carbocycles. The summed E-state index contributed by atoms with van der Waals surface area (Å²) in [5, 5.41) is 16.8. The lowest BCUT2D eigenvalue weighted by Crippen LogP contribution is -2.37. The quantitative estimate of drug-likeness (QED) is 0.668. The van der Waals surface area contributed by atoms with Gasteiger partial charge in [-0.3, -0.25) is 9.59 Å². The molecule has 1 aromatic heterocycles. The molecule has 2 aliphatic rings. The molecule has 1 aliphatic carbocycles. The van der Waals surface area contributed by atoms with Crippen LogP contribution in [0.2, 0.25) is 0 Å². The molecule has 0 saturated carbocycles. The molecular weight excluding hydrogens is 422 g/mol. The molecule has 0 spiro atoms. The highest BCUT2D eigenvalue weighted by atomic mass is 32.2. The summed E-state index contributed by atoms with van der Waals surface area (Å²) in [4.78, 5) is 25.6. The van der Waals surface area contributed by atoms with Gasteiger partial charge in [0.05, 0.1) is 34.6 Å². The molecule has 1 atom stereocenters. The zero-order valence-corrected chi connectivity index (χ0v) is 19.1. The number of hydrogen-bond donors (Lipinski definition) is 2. The molecular formula is C25H25N3O3S. The van der Waals surface area contributed by atoms with Crippen molar-refractivity contribution in [2.24, 2.45) is 5.41 Å². The standard InChI is InChI=1S/C25H25N3O3S/c1-15-6-8-16(9-7-15)27-21(30)14-32-24-17(13-26)22(20-5-4-10-31-20)23-18(28-24)11-25(2,3)12-19(23)29/h4-10,22,28H,11-12,14H2,1-3H3,(H,27,30)/t22-/m0/s1. The van der Waals surface area contributed by atoms with E-state index in [1.807, 2.05) is 31.2 Å². The fraction of sp³-hybridized carbons (Fsp3) is 0.320. The van der Waals surface area contributed by atoms with Crippen LogP contribution in [0.5, 0.6) is 0 Å². The molecule has 0 fully saturated rings. The Morgan fingerprint density at radius 2 is 2.03 bits per heavy atom. The zero-order chi connectivity index (χ0) is 22.9. The summed E-state index contributed by atoms with van der Waals surface area (Å²) >= 11 is 1.27. The van der Waals surface area contributed by atoms with Gasteiger partial charge >= 0.3 is 0 Å². The first-order valence-corrected chi connectivity index (χ1v) is 11.5. The summed E-state index contributed by atoms with van der Waals surface area (Å²) < 4.78 is 5.63. The van der Waals surface area contributed by atoms with Gasteiger partial charge in [0.1, 0.15) is 5.76 Å². The predicted molar refractivity (Wildman–Crippen MR) is 125 cm³/mol. The van der Waals surface area contributed by atoms with Crippen molar-refractivity contribution in [2.45, 2.75) is 39.5 Å². The van der Waals surface area contributed by atoms with Crippen LogP contribution in [-0.2, 0) is 9.59 Å². The summed E-state index contributed by atoms with van der Waals surface area (Å²) in [6, 6.07) is 13.4. The van der Waals surface area contributed by atoms with E-state index in [1.54, 1.807) is 18.4 Å². The van der Waals surface area contributed by atoms with E-state index < -0.39 is 5.92 Å². The third kappa shape index (κ3) is 4.51. The van der Waals surface area contributed by atoms with Crippen LogP contribution in [0.4, 0.5) is 5.69 Å². The Kier molecular flexibility index (Phi) is 5.98. The number of ketones is 1. The lowest BCUT2D eigenvalue weighted by atomic mass is 9.70. The summed E-state index contributed by atoms with van der Waals surface area (Å²) in [6.45, 7) is 6.11. The topological polar surface area (TPSA) is 95.1 Å². The van der Waals surface area contributed by atoms with Crippen LogP contribution in [0, 0.1) is 23.7 Å². The van der Waals surface area contributed by atoms with Gasteiger partial charge in [-0.15, -0.1) is 0 Å². The van der Waals surface area contributed by atoms with E-state index in [2.05, 4.69) is 30.6 Å². The lowest BCUT2D eigenvalue weighted by Gasteiger charge is -2.38. The second-order valence-corrected chi connectivity index (χ2v) is 9.95. The molecule has 2 aromatic rings. The second-order valence-electron chi connectivity index (χ2n) is 8.96. The van der Waals surface area contributed by atoms with E-state index in [9.17, 15) is 14.9 Å². The van der Waals surface area contributed by atoms with Crippen molar-refractivity contribution < 1.29 is 14.0 Å². The summed E-state index contributed by atoms with van der Waals surface area (Å²) in [6.07, 6.45) is 2.65. The maximum absolute atomic E-state index is 13.1. The fourth-order valence-electron chi connectivity index (χ4n) is 4.20. The highest BCUT2D eigenvalue weighted by Gasteiger charge is 2.42. The van der Waals surface area contributed by atoms with Gasteiger partial charge in [0.15, 0.2) is 5.78 Å². The maximum atomic E-state index is 13.1. The number of aryl methyl sites for hydroxylation is 1. The van der Waals surface area contributed by atoms with Crippen molar-refractivity contribution in [2.75, 3.05) is 11.1 Å². The molecule has 0 saturated heterocycles. The number of amides is 1. The highest BCUT2D eigenvalue weighted by molar-refractivity contribution is 8.03. The van der Waals surface area contributed by atoms with Crippen molar-refractivity contribution >= 4 is 29.1 Å². The SMILES string of the molecule is Cc1ccc(NC(=O)CSC2=C(C#N)[C@@H](c3ccco3)C3=C(CC(C)(C)CC3=O)N2)cc1. The first kappa shape index (κ1) is 22.0. The molecule has 0 bridgehead atoms. The van der Waals surface area contributed by atoms with Crippen molar-refractivity contribution in [1.82, 2.24) is 5.32 Å². The van der Waals surface area contributed by atoms with E-state index in [1.165, 1.54) is 11.8 Å². The number of benzene rings is 1. The molecule has 164 valence electrons. The lowest BCUT2D eigenvalue weighted by molar-refractivity contribution is -0.118. The number of carbonyl (C=O) groups excluding carboxylic acids is 2. The number of thioether (sulfide) groups is 1. The van der Waals surface area contributed by atoms with E-state index in [4.69, 9.17) is 4.42 Å². The number of nitriles is 1. The summed E-state index contributed by atoms with van der Waals surface area (Å²) in [7, 11) is 0. The number of carbonyl (C=O) groups is 2. The van der Waals surface area contributed by atoms with Crippen LogP contribution in [0.1, 0.15) is 43.9 Å². The van der Waals surface area contributed by atoms with E-state index in [0.29, 0.717) is 34.8 Å². The number of allylic oxidation sites excluding steroid dienone is 3. The average Bonchev–Trinajstić information content (AvgIpc) is 3.26. The molecule has 2 heterocycles. The van der Waals surface area contributed by atoms with Gasteiger partial charge < -0.3 is 15.1 Å². The van der Waals surface area contributed by atoms with Crippen molar-refractivity contribution in [1.29, 1.82) is 5.26 Å². The van der Waals surface area contributed by atoms with Gasteiger partial charge in [-0.1, -0.05) is 43.3 Å². The van der Waals surface area contributed by atoms with E-state index >= 15 is 0 Å². The number of dihydropyridines is 1. The third-order valence-corrected chi connectivity index (χ3v) is 6.65. The Balaban J connectivity index is 1.60. The number of hydrogen-bond acceptors (Lipinski definition) is 6. The monoisotopic (exact) mass is 447 g/mol. The molecule has 7 heteroatoms. The van der Waals surface area contributed by atoms with E-state index in [0.717, 1.165) is 16.9 Å². The minimum atomic E-state index is -0.558. The number of nitrogens with zero attached hydrogens (tertiary/aromatic N) is 1. The summed E-state index contributed by atoms with van der Waals surface area (Å²) in [5.41, 5.74) is 3.48. The molecule has 4 rings (SSSR count). The third-order valence-electron chi connectivity index (χ3n) is 5.64. The second kappa shape index (κ2) is 8.71. The normalized spacial score (nSPS) is 19.8. The van der Waals surface area contributed by atoms with Crippen LogP contribution in [0.15, 0.2) is 69.0 Å². The Morgan fingerprint density at radius 3 is 2.69 bits per heavy atom. The number of Topliss-reactive ketones (excluding diaryl/α,β-unsaturated/α-hetero) is 1. The van der Waals surface area contributed by atoms with Gasteiger partial charge in [-0.2, -0.15) is 5.26 Å². The van der Waals surface area contributed by atoms with Gasteiger partial charge in [-0.05, 0) is 43.0 Å². The number of nitrogens with one attached hydrogen (secondary N) is 2. The highest BCUT2D eigenvalue weighted by Crippen LogP contribution is 2.47. The van der Waals surface area contributed by atoms with Gasteiger partial charge in [-0.25, -0.2) is 0 Å². The van der Waals surface area contributed by atoms with E-state index in [-0.39, 0.29) is 22.9 Å². The average molecular weight is 448 g/mol. The van der Waals surface area contributed by atoms with Crippen LogP contribution in [-0.4, -0.2) is 17.4 Å². The van der Waals surface area contributed by atoms with Gasteiger partial charge in [0.2, 0.25) is 5.91 Å². The molecule has 0 unspecified atom stereocenters. The Hall–Kier alpha value is -3.24. The maximum Gasteiger partial charge on any atom is 0.234 e. The first-order valence-electron chi connectivity index (χ1n) is 10.5. The predicted octanol–water partition coefficient (Wildman–Crippen LogP) is 5.03. The Morgan fingerprint density at radius 1 is 1.28 bits per heavy atom. The molecule has 0 radical (unpaired) electrons. The van der Waals surface area contributed by atoms with Crippen LogP contribution < -0.4 is 10.6 Å². The Labute approximate surface area is 191 Å². The molecule has 32 heavy (non-hydrogen) atoms. The van der Waals surface area contributed by atoms with Crippen molar-refractivity contribution in [3.63, 3.8) is 0 Å². The van der Waals surface area contributed by atoms with Crippen molar-refractivity contribution in [3.05, 3.63) is 75.9 Å². The number of rotatable bonds is 5. The largest absolute Gasteiger partial charge is 0.468 e. The Bertz CT molecular complexity index is 1150. The van der Waals surface area contributed by atoms with Crippen LogP contribution >= 0.6 is 11.8 Å². The molecule has 2 N–H and O–H groups in total. The zero-order valence-electron chi connectivity index (χ0n) is 18.3. The first-order chi connectivity index (χ1) is 15.3. The summed E-state index contributed by atoms with van der Waals surface area (Å²) in [5.74, 6) is -0.00568. The smallest absolute Gasteiger partial charge is 0.234 e. The minimum Gasteiger partial charge on any atom is -0.468 e. The van der Waals surface area contributed by atoms with Gasteiger partial charge in [0, 0.05) is 23.4 Å².